The zero-order chi connectivity index (χ0) is 20.6. The van der Waals surface area contributed by atoms with Gasteiger partial charge in [0.25, 0.3) is 5.24 Å². The Morgan fingerprint density at radius 3 is 2.66 bits per heavy atom. The molecule has 0 saturated carbocycles. The molecule has 3 aromatic rings. The van der Waals surface area contributed by atoms with Crippen molar-refractivity contribution >= 4 is 39.8 Å². The molecule has 0 atom stereocenters. The monoisotopic (exact) mass is 416 g/mol. The highest BCUT2D eigenvalue weighted by Gasteiger charge is 2.29. The number of aliphatic imine (C=N–C) groups is 1. The summed E-state index contributed by atoms with van der Waals surface area (Å²) in [6.45, 7) is 0.365. The molecule has 1 N–H and O–H groups in total. The summed E-state index contributed by atoms with van der Waals surface area (Å²) in [4.78, 5) is 16.3. The molecule has 5 nitrogen and oxygen atoms in total. The van der Waals surface area contributed by atoms with E-state index in [0.29, 0.717) is 12.4 Å². The molecule has 1 aliphatic rings. The number of amides is 1. The molecule has 29 heavy (non-hydrogen) atoms. The smallest absolute Gasteiger partial charge is 0.300 e. The lowest BCUT2D eigenvalue weighted by atomic mass is 10.1. The van der Waals surface area contributed by atoms with Crippen molar-refractivity contribution in [2.45, 2.75) is 12.7 Å². The molecule has 9 heteroatoms. The van der Waals surface area contributed by atoms with Crippen LogP contribution >= 0.6 is 11.8 Å². The largest absolute Gasteiger partial charge is 0.416 e. The molecular weight excluding hydrogens is 401 g/mol. The van der Waals surface area contributed by atoms with Crippen molar-refractivity contribution in [1.29, 1.82) is 0 Å². The van der Waals surface area contributed by atoms with Gasteiger partial charge in [-0.3, -0.25) is 14.5 Å². The van der Waals surface area contributed by atoms with E-state index in [2.05, 4.69) is 15.4 Å². The second-order valence-electron chi connectivity index (χ2n) is 6.43. The molecular formula is C20H15F3N4OS. The van der Waals surface area contributed by atoms with Crippen LogP contribution in [-0.4, -0.2) is 27.9 Å². The van der Waals surface area contributed by atoms with E-state index in [-0.39, 0.29) is 5.24 Å². The summed E-state index contributed by atoms with van der Waals surface area (Å²) in [5.74, 6) is 0.540. The third kappa shape index (κ3) is 4.19. The minimum absolute atomic E-state index is 0.165. The molecule has 0 aliphatic carbocycles. The summed E-state index contributed by atoms with van der Waals surface area (Å²) in [7, 11) is 1.61. The van der Waals surface area contributed by atoms with Crippen molar-refractivity contribution in [2.75, 3.05) is 7.05 Å². The average Bonchev–Trinajstić information content (AvgIpc) is 3.23. The van der Waals surface area contributed by atoms with Gasteiger partial charge in [0.05, 0.1) is 22.5 Å². The Morgan fingerprint density at radius 2 is 1.97 bits per heavy atom. The number of carbonyl (C=O) groups is 1. The Bertz CT molecular complexity index is 1150. The van der Waals surface area contributed by atoms with Gasteiger partial charge in [-0.1, -0.05) is 18.2 Å². The predicted molar refractivity (Wildman–Crippen MR) is 108 cm³/mol. The lowest BCUT2D eigenvalue weighted by Crippen LogP contribution is -2.18. The highest BCUT2D eigenvalue weighted by Crippen LogP contribution is 2.29. The molecule has 1 saturated heterocycles. The maximum absolute atomic E-state index is 12.7. The quantitative estimate of drug-likeness (QED) is 0.659. The maximum atomic E-state index is 12.7. The molecule has 4 rings (SSSR count). The van der Waals surface area contributed by atoms with Gasteiger partial charge in [-0.15, -0.1) is 0 Å². The number of alkyl halides is 3. The fourth-order valence-corrected chi connectivity index (χ4v) is 3.78. The van der Waals surface area contributed by atoms with Crippen molar-refractivity contribution in [2.24, 2.45) is 4.99 Å². The van der Waals surface area contributed by atoms with Crippen LogP contribution in [0.2, 0.25) is 0 Å². The van der Waals surface area contributed by atoms with E-state index in [0.717, 1.165) is 50.8 Å². The molecule has 0 bridgehead atoms. The number of nitrogens with zero attached hydrogens (tertiary/aromatic N) is 3. The van der Waals surface area contributed by atoms with Crippen molar-refractivity contribution < 1.29 is 18.0 Å². The molecule has 2 heterocycles. The lowest BCUT2D eigenvalue weighted by Gasteiger charge is -2.07. The number of carbonyl (C=O) groups excluding carboxylic acids is 1. The fourth-order valence-electron chi connectivity index (χ4n) is 3.00. The normalized spacial score (nSPS) is 17.4. The number of halogens is 3. The average molecular weight is 416 g/mol. The molecule has 1 amide bonds. The first kappa shape index (κ1) is 19.3. The zero-order valence-corrected chi connectivity index (χ0v) is 16.0. The highest BCUT2D eigenvalue weighted by atomic mass is 32.2. The van der Waals surface area contributed by atoms with Gasteiger partial charge in [0.1, 0.15) is 5.84 Å². The number of aromatic nitrogens is 2. The minimum Gasteiger partial charge on any atom is -0.300 e. The van der Waals surface area contributed by atoms with Gasteiger partial charge < -0.3 is 5.32 Å². The van der Waals surface area contributed by atoms with Crippen LogP contribution in [0.1, 0.15) is 16.7 Å². The molecule has 0 unspecified atom stereocenters. The Balaban J connectivity index is 1.57. The van der Waals surface area contributed by atoms with Gasteiger partial charge >= 0.3 is 6.18 Å². The highest BCUT2D eigenvalue weighted by molar-refractivity contribution is 8.18. The third-order valence-electron chi connectivity index (χ3n) is 4.38. The van der Waals surface area contributed by atoms with Gasteiger partial charge in [0, 0.05) is 18.6 Å². The third-order valence-corrected chi connectivity index (χ3v) is 5.20. The summed E-state index contributed by atoms with van der Waals surface area (Å²) < 4.78 is 39.7. The van der Waals surface area contributed by atoms with E-state index in [4.69, 9.17) is 0 Å². The SMILES string of the molecule is CN=C1NC(=O)S/C1=C\c1ccc2nn(Cc3ccc(C(F)(F)F)cc3)cc2c1. The standard InChI is InChI=1S/C20H15F3N4OS/c1-24-18-17(29-19(28)25-18)9-13-4-7-16-14(8-13)11-27(26-16)10-12-2-5-15(6-3-12)20(21,22)23/h2-9,11H,10H2,1H3,(H,24,25,28)/b17-9-. The van der Waals surface area contributed by atoms with Crippen molar-refractivity contribution in [3.8, 4) is 0 Å². The molecule has 1 aromatic heterocycles. The van der Waals surface area contributed by atoms with Crippen LogP contribution in [0, 0.1) is 0 Å². The summed E-state index contributed by atoms with van der Waals surface area (Å²) in [5.41, 5.74) is 1.73. The molecule has 1 fully saturated rings. The van der Waals surface area contributed by atoms with Gasteiger partial charge in [-0.25, -0.2) is 0 Å². The van der Waals surface area contributed by atoms with Crippen LogP contribution in [0.4, 0.5) is 18.0 Å². The van der Waals surface area contributed by atoms with E-state index in [1.165, 1.54) is 12.1 Å². The maximum Gasteiger partial charge on any atom is 0.416 e. The van der Waals surface area contributed by atoms with Gasteiger partial charge in [-0.2, -0.15) is 18.3 Å². The number of hydrogen-bond donors (Lipinski definition) is 1. The Hall–Kier alpha value is -3.07. The summed E-state index contributed by atoms with van der Waals surface area (Å²) in [5, 5.41) is 7.88. The van der Waals surface area contributed by atoms with Crippen LogP contribution < -0.4 is 5.32 Å². The minimum atomic E-state index is -4.34. The fraction of sp³-hybridized carbons (Fsp3) is 0.150. The predicted octanol–water partition coefficient (Wildman–Crippen LogP) is 4.93. The summed E-state index contributed by atoms with van der Waals surface area (Å²) in [6, 6.07) is 10.8. The topological polar surface area (TPSA) is 59.3 Å². The van der Waals surface area contributed by atoms with Crippen molar-refractivity contribution in [1.82, 2.24) is 15.1 Å². The summed E-state index contributed by atoms with van der Waals surface area (Å²) >= 11 is 1.09. The second-order valence-corrected chi connectivity index (χ2v) is 7.45. The Labute approximate surface area is 168 Å². The first-order chi connectivity index (χ1) is 13.8. The number of amidine groups is 1. The van der Waals surface area contributed by atoms with Crippen LogP contribution in [0.5, 0.6) is 0 Å². The van der Waals surface area contributed by atoms with E-state index in [1.807, 2.05) is 30.5 Å². The number of benzene rings is 2. The molecule has 1 aliphatic heterocycles. The van der Waals surface area contributed by atoms with Gasteiger partial charge in [0.2, 0.25) is 0 Å². The number of nitrogens with one attached hydrogen (secondary N) is 1. The zero-order valence-electron chi connectivity index (χ0n) is 15.2. The van der Waals surface area contributed by atoms with Crippen molar-refractivity contribution in [3.63, 3.8) is 0 Å². The van der Waals surface area contributed by atoms with Crippen LogP contribution in [-0.2, 0) is 12.7 Å². The summed E-state index contributed by atoms with van der Waals surface area (Å²) in [6.07, 6.45) is -0.628. The van der Waals surface area contributed by atoms with Crippen LogP contribution in [0.3, 0.4) is 0 Å². The number of hydrogen-bond acceptors (Lipinski definition) is 4. The number of rotatable bonds is 3. The van der Waals surface area contributed by atoms with Crippen LogP contribution in [0.15, 0.2) is 58.6 Å². The number of thioether (sulfide) groups is 1. The Morgan fingerprint density at radius 1 is 1.21 bits per heavy atom. The second kappa shape index (κ2) is 7.40. The molecule has 2 aromatic carbocycles. The Kier molecular flexibility index (Phi) is 4.91. The molecule has 0 radical (unpaired) electrons. The van der Waals surface area contributed by atoms with E-state index >= 15 is 0 Å². The van der Waals surface area contributed by atoms with Crippen molar-refractivity contribution in [3.05, 3.63) is 70.3 Å². The molecule has 0 spiro atoms. The first-order valence-electron chi connectivity index (χ1n) is 8.63. The molecule has 148 valence electrons. The van der Waals surface area contributed by atoms with E-state index in [1.54, 1.807) is 11.7 Å². The van der Waals surface area contributed by atoms with Gasteiger partial charge in [-0.05, 0) is 53.2 Å². The van der Waals surface area contributed by atoms with Gasteiger partial charge in [0.15, 0.2) is 0 Å². The first-order valence-corrected chi connectivity index (χ1v) is 9.44. The lowest BCUT2D eigenvalue weighted by molar-refractivity contribution is -0.137. The van der Waals surface area contributed by atoms with E-state index < -0.39 is 11.7 Å². The number of fused-ring (bicyclic) bond motifs is 1. The van der Waals surface area contributed by atoms with Crippen LogP contribution in [0.25, 0.3) is 17.0 Å². The van der Waals surface area contributed by atoms with E-state index in [9.17, 15) is 18.0 Å².